The van der Waals surface area contributed by atoms with Crippen molar-refractivity contribution in [2.45, 2.75) is 31.1 Å². The number of sulfonamides is 1. The fraction of sp³-hybridized carbons (Fsp3) is 0.571. The van der Waals surface area contributed by atoms with E-state index in [0.717, 1.165) is 25.1 Å². The summed E-state index contributed by atoms with van der Waals surface area (Å²) in [7, 11) is -3.37. The van der Waals surface area contributed by atoms with Crippen LogP contribution >= 0.6 is 0 Å². The van der Waals surface area contributed by atoms with Gasteiger partial charge in [-0.1, -0.05) is 26.0 Å². The third-order valence-corrected chi connectivity index (χ3v) is 5.02. The highest BCUT2D eigenvalue weighted by Gasteiger charge is 2.19. The third kappa shape index (κ3) is 3.78. The molecule has 4 nitrogen and oxygen atoms in total. The second-order valence-electron chi connectivity index (χ2n) is 5.43. The van der Waals surface area contributed by atoms with E-state index in [9.17, 15) is 8.42 Å². The molecule has 0 amide bonds. The van der Waals surface area contributed by atoms with Crippen molar-refractivity contribution in [3.8, 4) is 0 Å². The summed E-state index contributed by atoms with van der Waals surface area (Å²) in [6, 6.07) is 7.14. The Bertz CT molecular complexity index is 503. The molecule has 19 heavy (non-hydrogen) atoms. The van der Waals surface area contributed by atoms with Crippen LogP contribution in [0.2, 0.25) is 0 Å². The standard InChI is InChI=1S/C14H22N2O2S/c1-11(2)13-3-5-14(6-4-13)19(17,18)16-10-12-7-8-15-9-12/h3-6,11-12,15-16H,7-10H2,1-2H3. The SMILES string of the molecule is CC(C)c1ccc(S(=O)(=O)NCC2CCNC2)cc1. The normalized spacial score (nSPS) is 20.1. The average molecular weight is 282 g/mol. The molecule has 0 radical (unpaired) electrons. The van der Waals surface area contributed by atoms with Gasteiger partial charge in [-0.15, -0.1) is 0 Å². The number of benzene rings is 1. The Morgan fingerprint density at radius 1 is 1.32 bits per heavy atom. The highest BCUT2D eigenvalue weighted by Crippen LogP contribution is 2.17. The summed E-state index contributed by atoms with van der Waals surface area (Å²) in [5, 5.41) is 3.23. The van der Waals surface area contributed by atoms with E-state index in [4.69, 9.17) is 0 Å². The molecule has 1 heterocycles. The first-order valence-electron chi connectivity index (χ1n) is 6.79. The molecule has 1 aliphatic heterocycles. The van der Waals surface area contributed by atoms with E-state index in [1.807, 2.05) is 12.1 Å². The largest absolute Gasteiger partial charge is 0.316 e. The van der Waals surface area contributed by atoms with Gasteiger partial charge in [0.1, 0.15) is 0 Å². The summed E-state index contributed by atoms with van der Waals surface area (Å²) in [5.41, 5.74) is 1.15. The van der Waals surface area contributed by atoms with E-state index in [-0.39, 0.29) is 0 Å². The van der Waals surface area contributed by atoms with Crippen molar-refractivity contribution in [2.24, 2.45) is 5.92 Å². The van der Waals surface area contributed by atoms with Gasteiger partial charge in [0.25, 0.3) is 0 Å². The van der Waals surface area contributed by atoms with Crippen molar-refractivity contribution in [1.29, 1.82) is 0 Å². The van der Waals surface area contributed by atoms with Gasteiger partial charge < -0.3 is 5.32 Å². The molecule has 1 fully saturated rings. The summed E-state index contributed by atoms with van der Waals surface area (Å²) < 4.78 is 27.0. The summed E-state index contributed by atoms with van der Waals surface area (Å²) >= 11 is 0. The highest BCUT2D eigenvalue weighted by atomic mass is 32.2. The highest BCUT2D eigenvalue weighted by molar-refractivity contribution is 7.89. The van der Waals surface area contributed by atoms with Gasteiger partial charge in [0.15, 0.2) is 0 Å². The van der Waals surface area contributed by atoms with Gasteiger partial charge in [-0.3, -0.25) is 0 Å². The van der Waals surface area contributed by atoms with Crippen LogP contribution in [0.1, 0.15) is 31.7 Å². The van der Waals surface area contributed by atoms with Crippen molar-refractivity contribution in [3.63, 3.8) is 0 Å². The Kier molecular flexibility index (Phi) is 4.60. The number of nitrogens with one attached hydrogen (secondary N) is 2. The molecular weight excluding hydrogens is 260 g/mol. The first kappa shape index (κ1) is 14.5. The maximum atomic E-state index is 12.1. The third-order valence-electron chi connectivity index (χ3n) is 3.58. The van der Waals surface area contributed by atoms with Crippen LogP contribution in [-0.2, 0) is 10.0 Å². The fourth-order valence-electron chi connectivity index (χ4n) is 2.23. The average Bonchev–Trinajstić information content (AvgIpc) is 2.90. The summed E-state index contributed by atoms with van der Waals surface area (Å²) in [6.07, 6.45) is 1.04. The monoisotopic (exact) mass is 282 g/mol. The van der Waals surface area contributed by atoms with Crippen molar-refractivity contribution < 1.29 is 8.42 Å². The molecule has 1 unspecified atom stereocenters. The Morgan fingerprint density at radius 2 is 2.00 bits per heavy atom. The van der Waals surface area contributed by atoms with Gasteiger partial charge >= 0.3 is 0 Å². The Balaban J connectivity index is 2.01. The van der Waals surface area contributed by atoms with Crippen molar-refractivity contribution in [2.75, 3.05) is 19.6 Å². The molecule has 0 aliphatic carbocycles. The first-order chi connectivity index (χ1) is 8.99. The number of hydrogen-bond donors (Lipinski definition) is 2. The van der Waals surface area contributed by atoms with Crippen LogP contribution in [0.5, 0.6) is 0 Å². The van der Waals surface area contributed by atoms with E-state index in [1.54, 1.807) is 12.1 Å². The lowest BCUT2D eigenvalue weighted by Crippen LogP contribution is -2.30. The number of rotatable bonds is 5. The van der Waals surface area contributed by atoms with E-state index in [0.29, 0.717) is 23.3 Å². The quantitative estimate of drug-likeness (QED) is 0.864. The Hall–Kier alpha value is -0.910. The second-order valence-corrected chi connectivity index (χ2v) is 7.20. The van der Waals surface area contributed by atoms with E-state index in [1.165, 1.54) is 0 Å². The van der Waals surface area contributed by atoms with Gasteiger partial charge in [-0.2, -0.15) is 0 Å². The predicted octanol–water partition coefficient (Wildman–Crippen LogP) is 1.70. The fourth-order valence-corrected chi connectivity index (χ4v) is 3.35. The molecule has 1 aliphatic rings. The predicted molar refractivity (Wildman–Crippen MR) is 76.7 cm³/mol. The lowest BCUT2D eigenvalue weighted by Gasteiger charge is -2.12. The zero-order chi connectivity index (χ0) is 13.9. The van der Waals surface area contributed by atoms with Crippen LogP contribution in [0.4, 0.5) is 0 Å². The minimum atomic E-state index is -3.37. The van der Waals surface area contributed by atoms with Gasteiger partial charge in [-0.25, -0.2) is 13.1 Å². The zero-order valence-corrected chi connectivity index (χ0v) is 12.3. The minimum Gasteiger partial charge on any atom is -0.316 e. The molecule has 2 N–H and O–H groups in total. The molecule has 5 heteroatoms. The molecule has 106 valence electrons. The van der Waals surface area contributed by atoms with Crippen LogP contribution in [0.25, 0.3) is 0 Å². The second kappa shape index (κ2) is 6.03. The topological polar surface area (TPSA) is 58.2 Å². The smallest absolute Gasteiger partial charge is 0.240 e. The molecule has 1 saturated heterocycles. The molecule has 2 rings (SSSR count). The molecule has 1 aromatic rings. The van der Waals surface area contributed by atoms with Crippen molar-refractivity contribution >= 4 is 10.0 Å². The van der Waals surface area contributed by atoms with Crippen LogP contribution in [0.15, 0.2) is 29.2 Å². The molecular formula is C14H22N2O2S. The minimum absolute atomic E-state index is 0.350. The molecule has 0 saturated carbocycles. The molecule has 0 spiro atoms. The zero-order valence-electron chi connectivity index (χ0n) is 11.5. The van der Waals surface area contributed by atoms with Gasteiger partial charge in [-0.05, 0) is 49.0 Å². The summed E-state index contributed by atoms with van der Waals surface area (Å²) in [4.78, 5) is 0.350. The van der Waals surface area contributed by atoms with Gasteiger partial charge in [0.2, 0.25) is 10.0 Å². The summed E-state index contributed by atoms with van der Waals surface area (Å²) in [6.45, 7) is 6.58. The molecule has 0 bridgehead atoms. The van der Waals surface area contributed by atoms with Crippen molar-refractivity contribution in [3.05, 3.63) is 29.8 Å². The van der Waals surface area contributed by atoms with E-state index < -0.39 is 10.0 Å². The lowest BCUT2D eigenvalue weighted by molar-refractivity contribution is 0.538. The molecule has 0 aromatic heterocycles. The Morgan fingerprint density at radius 3 is 2.53 bits per heavy atom. The maximum absolute atomic E-state index is 12.1. The van der Waals surface area contributed by atoms with Crippen LogP contribution in [0.3, 0.4) is 0 Å². The van der Waals surface area contributed by atoms with Gasteiger partial charge in [0.05, 0.1) is 4.90 Å². The summed E-state index contributed by atoms with van der Waals surface area (Å²) in [5.74, 6) is 0.819. The first-order valence-corrected chi connectivity index (χ1v) is 8.27. The molecule has 1 atom stereocenters. The lowest BCUT2D eigenvalue weighted by atomic mass is 10.0. The Labute approximate surface area is 115 Å². The van der Waals surface area contributed by atoms with E-state index >= 15 is 0 Å². The van der Waals surface area contributed by atoms with Crippen LogP contribution in [0, 0.1) is 5.92 Å². The maximum Gasteiger partial charge on any atom is 0.240 e. The molecule has 1 aromatic carbocycles. The van der Waals surface area contributed by atoms with E-state index in [2.05, 4.69) is 23.9 Å². The van der Waals surface area contributed by atoms with Crippen molar-refractivity contribution in [1.82, 2.24) is 10.0 Å². The van der Waals surface area contributed by atoms with Crippen LogP contribution in [-0.4, -0.2) is 28.1 Å². The number of hydrogen-bond acceptors (Lipinski definition) is 3. The van der Waals surface area contributed by atoms with Gasteiger partial charge in [0, 0.05) is 6.54 Å². The van der Waals surface area contributed by atoms with Crippen LogP contribution < -0.4 is 10.0 Å².